The zero-order valence-corrected chi connectivity index (χ0v) is 13.7. The number of nitrogens with zero attached hydrogens (tertiary/aromatic N) is 2. The lowest BCUT2D eigenvalue weighted by Crippen LogP contribution is -2.17. The molecular formula is C17H9ClF2N2OS. The Bertz CT molecular complexity index is 1040. The molecule has 3 rings (SSSR count). The lowest BCUT2D eigenvalue weighted by molar-refractivity contribution is 0.0994. The Kier molecular flexibility index (Phi) is 4.47. The van der Waals surface area contributed by atoms with Gasteiger partial charge in [-0.3, -0.25) is 4.79 Å². The summed E-state index contributed by atoms with van der Waals surface area (Å²) in [5.74, 6) is 0.466. The number of terminal acetylenes is 1. The van der Waals surface area contributed by atoms with Gasteiger partial charge in [0.2, 0.25) is 0 Å². The van der Waals surface area contributed by atoms with E-state index in [0.29, 0.717) is 10.2 Å². The monoisotopic (exact) mass is 362 g/mol. The lowest BCUT2D eigenvalue weighted by atomic mass is 10.2. The molecule has 0 aliphatic rings. The third kappa shape index (κ3) is 2.96. The van der Waals surface area contributed by atoms with Crippen molar-refractivity contribution in [2.75, 3.05) is 0 Å². The molecule has 0 atom stereocenters. The number of rotatable bonds is 2. The number of thiazole rings is 1. The minimum absolute atomic E-state index is 0.0283. The van der Waals surface area contributed by atoms with E-state index >= 15 is 0 Å². The number of hydrogen-bond donors (Lipinski definition) is 0. The van der Waals surface area contributed by atoms with E-state index in [9.17, 15) is 13.6 Å². The molecule has 2 aromatic carbocycles. The third-order valence-electron chi connectivity index (χ3n) is 3.27. The first-order chi connectivity index (χ1) is 11.5. The molecule has 1 aromatic heterocycles. The minimum atomic E-state index is -0.823. The molecule has 0 saturated carbocycles. The van der Waals surface area contributed by atoms with Crippen molar-refractivity contribution < 1.29 is 13.6 Å². The average molecular weight is 363 g/mol. The Morgan fingerprint density at radius 1 is 1.33 bits per heavy atom. The van der Waals surface area contributed by atoms with E-state index in [1.165, 1.54) is 24.3 Å². The highest BCUT2D eigenvalue weighted by molar-refractivity contribution is 7.16. The van der Waals surface area contributed by atoms with Gasteiger partial charge in [0.05, 0.1) is 27.3 Å². The highest BCUT2D eigenvalue weighted by atomic mass is 35.5. The second kappa shape index (κ2) is 6.56. The van der Waals surface area contributed by atoms with Crippen LogP contribution in [-0.4, -0.2) is 10.5 Å². The first kappa shape index (κ1) is 16.4. The van der Waals surface area contributed by atoms with Crippen molar-refractivity contribution in [3.8, 4) is 12.3 Å². The van der Waals surface area contributed by atoms with Crippen LogP contribution in [0.25, 0.3) is 10.2 Å². The molecule has 1 amide bonds. The fourth-order valence-electron chi connectivity index (χ4n) is 2.22. The highest BCUT2D eigenvalue weighted by Gasteiger charge is 2.16. The Balaban J connectivity index is 2.21. The van der Waals surface area contributed by atoms with Crippen molar-refractivity contribution in [2.45, 2.75) is 6.54 Å². The van der Waals surface area contributed by atoms with Crippen LogP contribution in [0.1, 0.15) is 10.4 Å². The molecule has 0 unspecified atom stereocenters. The van der Waals surface area contributed by atoms with Gasteiger partial charge in [0, 0.05) is 0 Å². The van der Waals surface area contributed by atoms with Gasteiger partial charge in [0.15, 0.2) is 4.80 Å². The van der Waals surface area contributed by atoms with Crippen LogP contribution in [-0.2, 0) is 6.54 Å². The molecule has 0 spiro atoms. The van der Waals surface area contributed by atoms with Gasteiger partial charge in [-0.2, -0.15) is 4.99 Å². The number of benzene rings is 2. The number of halogens is 3. The van der Waals surface area contributed by atoms with Crippen LogP contribution in [0.5, 0.6) is 0 Å². The fourth-order valence-corrected chi connectivity index (χ4v) is 3.52. The van der Waals surface area contributed by atoms with Crippen LogP contribution in [0.2, 0.25) is 5.02 Å². The first-order valence-corrected chi connectivity index (χ1v) is 7.96. The molecule has 0 bridgehead atoms. The van der Waals surface area contributed by atoms with Gasteiger partial charge in [-0.25, -0.2) is 8.78 Å². The predicted molar refractivity (Wildman–Crippen MR) is 89.9 cm³/mol. The smallest absolute Gasteiger partial charge is 0.284 e. The van der Waals surface area contributed by atoms with Crippen molar-refractivity contribution >= 4 is 39.1 Å². The second-order valence-corrected chi connectivity index (χ2v) is 6.22. The highest BCUT2D eigenvalue weighted by Crippen LogP contribution is 2.21. The predicted octanol–water partition coefficient (Wildman–Crippen LogP) is 4.01. The maximum absolute atomic E-state index is 13.9. The van der Waals surface area contributed by atoms with Crippen molar-refractivity contribution in [3.05, 3.63) is 63.4 Å². The van der Waals surface area contributed by atoms with E-state index in [1.54, 1.807) is 10.6 Å². The number of hydrogen-bond acceptors (Lipinski definition) is 2. The summed E-state index contributed by atoms with van der Waals surface area (Å²) in [5.41, 5.74) is 0.334. The molecule has 0 fully saturated rings. The van der Waals surface area contributed by atoms with Crippen LogP contribution >= 0.6 is 22.9 Å². The summed E-state index contributed by atoms with van der Waals surface area (Å²) >= 11 is 6.97. The normalized spacial score (nSPS) is 11.7. The summed E-state index contributed by atoms with van der Waals surface area (Å²) in [5, 5.41) is -0.0283. The van der Waals surface area contributed by atoms with Crippen LogP contribution in [0, 0.1) is 24.0 Å². The van der Waals surface area contributed by atoms with E-state index < -0.39 is 17.5 Å². The quantitative estimate of drug-likeness (QED) is 0.634. The Hall–Kier alpha value is -2.49. The number of carbonyl (C=O) groups excluding carboxylic acids is 1. The molecule has 0 radical (unpaired) electrons. The van der Waals surface area contributed by atoms with E-state index in [-0.39, 0.29) is 21.9 Å². The summed E-state index contributed by atoms with van der Waals surface area (Å²) in [6.45, 7) is 0.142. The third-order valence-corrected chi connectivity index (χ3v) is 4.62. The first-order valence-electron chi connectivity index (χ1n) is 6.76. The van der Waals surface area contributed by atoms with Gasteiger partial charge in [0.25, 0.3) is 5.91 Å². The van der Waals surface area contributed by atoms with E-state index in [4.69, 9.17) is 18.0 Å². The standard InChI is InChI=1S/C17H9ClF2N2OS/c1-2-8-22-13-7-6-10(19)9-14(13)24-17(22)21-16(23)15-11(18)4-3-5-12(15)20/h1,3-7,9H,8H2. The van der Waals surface area contributed by atoms with Crippen LogP contribution in [0.4, 0.5) is 8.78 Å². The van der Waals surface area contributed by atoms with Gasteiger partial charge in [-0.15, -0.1) is 6.42 Å². The number of amides is 1. The van der Waals surface area contributed by atoms with Gasteiger partial charge < -0.3 is 4.57 Å². The second-order valence-electron chi connectivity index (χ2n) is 4.80. The number of fused-ring (bicyclic) bond motifs is 1. The van der Waals surface area contributed by atoms with Gasteiger partial charge in [-0.1, -0.05) is 34.9 Å². The fraction of sp³-hybridized carbons (Fsp3) is 0.0588. The van der Waals surface area contributed by atoms with Crippen LogP contribution < -0.4 is 4.80 Å². The SMILES string of the molecule is C#CCn1c(=NC(=O)c2c(F)cccc2Cl)sc2cc(F)ccc21. The van der Waals surface area contributed by atoms with Crippen LogP contribution in [0.3, 0.4) is 0 Å². The van der Waals surface area contributed by atoms with Crippen molar-refractivity contribution in [1.29, 1.82) is 0 Å². The maximum Gasteiger partial charge on any atom is 0.284 e. The Morgan fingerprint density at radius 2 is 2.12 bits per heavy atom. The zero-order valence-electron chi connectivity index (χ0n) is 12.1. The largest absolute Gasteiger partial charge is 0.305 e. The Morgan fingerprint density at radius 3 is 2.83 bits per heavy atom. The summed E-state index contributed by atoms with van der Waals surface area (Å²) in [4.78, 5) is 16.5. The minimum Gasteiger partial charge on any atom is -0.305 e. The summed E-state index contributed by atoms with van der Waals surface area (Å²) < 4.78 is 29.4. The summed E-state index contributed by atoms with van der Waals surface area (Å²) in [6.07, 6.45) is 5.35. The number of aromatic nitrogens is 1. The van der Waals surface area contributed by atoms with Crippen molar-refractivity contribution in [3.63, 3.8) is 0 Å². The Labute approximate surface area is 144 Å². The van der Waals surface area contributed by atoms with Gasteiger partial charge in [0.1, 0.15) is 11.6 Å². The summed E-state index contributed by atoms with van der Waals surface area (Å²) in [6, 6.07) is 8.11. The van der Waals surface area contributed by atoms with E-state index in [2.05, 4.69) is 10.9 Å². The molecule has 0 aliphatic carbocycles. The number of carbonyl (C=O) groups is 1. The van der Waals surface area contributed by atoms with Crippen molar-refractivity contribution in [2.24, 2.45) is 4.99 Å². The molecule has 1 heterocycles. The molecule has 7 heteroatoms. The van der Waals surface area contributed by atoms with E-state index in [1.807, 2.05) is 0 Å². The van der Waals surface area contributed by atoms with Crippen molar-refractivity contribution in [1.82, 2.24) is 4.57 Å². The molecule has 0 aliphatic heterocycles. The average Bonchev–Trinajstić information content (AvgIpc) is 2.84. The molecule has 0 N–H and O–H groups in total. The zero-order chi connectivity index (χ0) is 17.3. The van der Waals surface area contributed by atoms with Gasteiger partial charge >= 0.3 is 0 Å². The molecular weight excluding hydrogens is 354 g/mol. The maximum atomic E-state index is 13.9. The molecule has 24 heavy (non-hydrogen) atoms. The lowest BCUT2D eigenvalue weighted by Gasteiger charge is -2.01. The summed E-state index contributed by atoms with van der Waals surface area (Å²) in [7, 11) is 0. The van der Waals surface area contributed by atoms with Gasteiger partial charge in [-0.05, 0) is 30.3 Å². The molecule has 120 valence electrons. The topological polar surface area (TPSA) is 34.4 Å². The van der Waals surface area contributed by atoms with E-state index in [0.717, 1.165) is 17.4 Å². The molecule has 3 nitrogen and oxygen atoms in total. The van der Waals surface area contributed by atoms with Crippen LogP contribution in [0.15, 0.2) is 41.4 Å². The molecule has 0 saturated heterocycles. The molecule has 3 aromatic rings.